The highest BCUT2D eigenvalue weighted by Crippen LogP contribution is 2.47. The molecule has 1 atom stereocenters. The van der Waals surface area contributed by atoms with Gasteiger partial charge in [0, 0.05) is 17.7 Å². The third-order valence-electron chi connectivity index (χ3n) is 7.49. The van der Waals surface area contributed by atoms with Crippen molar-refractivity contribution >= 4 is 5.91 Å². The third kappa shape index (κ3) is 5.16. The summed E-state index contributed by atoms with van der Waals surface area (Å²) in [7, 11) is 1.63. The van der Waals surface area contributed by atoms with Crippen LogP contribution in [0.1, 0.15) is 70.2 Å². The number of aryl methyl sites for hydroxylation is 3. The van der Waals surface area contributed by atoms with Crippen LogP contribution >= 0.6 is 0 Å². The minimum absolute atomic E-state index is 0.139. The summed E-state index contributed by atoms with van der Waals surface area (Å²) in [6.07, 6.45) is 0.938. The maximum atomic E-state index is 13.9. The van der Waals surface area contributed by atoms with Gasteiger partial charge in [-0.1, -0.05) is 55.8 Å². The van der Waals surface area contributed by atoms with Crippen LogP contribution in [-0.2, 0) is 6.54 Å². The number of nitrogens with one attached hydrogen (secondary N) is 1. The molecule has 1 aliphatic heterocycles. The second kappa shape index (κ2) is 11.1. The molecule has 1 unspecified atom stereocenters. The Morgan fingerprint density at radius 1 is 1.00 bits per heavy atom. The van der Waals surface area contributed by atoms with Crippen LogP contribution in [0.25, 0.3) is 11.3 Å². The zero-order chi connectivity index (χ0) is 28.6. The number of ether oxygens (including phenoxy) is 2. The Bertz CT molecular complexity index is 1540. The molecule has 4 aromatic rings. The quantitative estimate of drug-likeness (QED) is 0.242. The van der Waals surface area contributed by atoms with Gasteiger partial charge in [-0.2, -0.15) is 5.10 Å². The summed E-state index contributed by atoms with van der Waals surface area (Å²) in [5.41, 5.74) is 7.17. The minimum Gasteiger partial charge on any atom is -0.507 e. The maximum absolute atomic E-state index is 13.9. The van der Waals surface area contributed by atoms with Crippen molar-refractivity contribution in [1.29, 1.82) is 0 Å². The standard InChI is InChI=1S/C33H37N3O4/c1-19(2)13-14-40-26-12-11-24(17-27(26)39-6)31-28-29(25-16-21(4)15-22(5)32(25)37)34-35-30(28)33(38)36(31)18-23-9-7-20(3)8-10-23/h7-12,15-17,19,31,37H,13-14,18H2,1-6H3,(H,34,35). The van der Waals surface area contributed by atoms with E-state index in [9.17, 15) is 9.90 Å². The van der Waals surface area contributed by atoms with Crippen LogP contribution in [0.2, 0.25) is 0 Å². The largest absolute Gasteiger partial charge is 0.507 e. The summed E-state index contributed by atoms with van der Waals surface area (Å²) < 4.78 is 11.8. The number of nitrogens with zero attached hydrogens (tertiary/aromatic N) is 2. The van der Waals surface area contributed by atoms with Gasteiger partial charge < -0.3 is 19.5 Å². The van der Waals surface area contributed by atoms with Gasteiger partial charge in [0.2, 0.25) is 0 Å². The first-order chi connectivity index (χ1) is 19.2. The van der Waals surface area contributed by atoms with Gasteiger partial charge in [0.1, 0.15) is 17.1 Å². The van der Waals surface area contributed by atoms with Gasteiger partial charge in [0.25, 0.3) is 5.91 Å². The highest BCUT2D eigenvalue weighted by atomic mass is 16.5. The van der Waals surface area contributed by atoms with Crippen LogP contribution in [0.5, 0.6) is 17.2 Å². The van der Waals surface area contributed by atoms with Crippen molar-refractivity contribution in [2.75, 3.05) is 13.7 Å². The first-order valence-electron chi connectivity index (χ1n) is 13.7. The van der Waals surface area contributed by atoms with Crippen molar-refractivity contribution in [2.24, 2.45) is 5.92 Å². The molecule has 0 saturated carbocycles. The molecule has 0 bridgehead atoms. The molecule has 1 amide bonds. The number of fused-ring (bicyclic) bond motifs is 1. The van der Waals surface area contributed by atoms with E-state index in [0.717, 1.165) is 39.8 Å². The highest BCUT2D eigenvalue weighted by molar-refractivity contribution is 6.00. The Labute approximate surface area is 235 Å². The van der Waals surface area contributed by atoms with Crippen molar-refractivity contribution in [3.8, 4) is 28.5 Å². The predicted octanol–water partition coefficient (Wildman–Crippen LogP) is 6.89. The molecule has 1 aromatic heterocycles. The molecule has 2 heterocycles. The number of rotatable bonds is 9. The van der Waals surface area contributed by atoms with Crippen molar-refractivity contribution in [3.63, 3.8) is 0 Å². The SMILES string of the molecule is COc1cc(C2c3c(-c4cc(C)cc(C)c4O)n[nH]c3C(=O)N2Cc2ccc(C)cc2)ccc1OCCC(C)C. The number of H-pyrrole nitrogens is 1. The number of hydrogen-bond donors (Lipinski definition) is 2. The number of carbonyl (C=O) groups excluding carboxylic acids is 1. The topological polar surface area (TPSA) is 87.7 Å². The fraction of sp³-hybridized carbons (Fsp3) is 0.333. The van der Waals surface area contributed by atoms with Gasteiger partial charge >= 0.3 is 0 Å². The molecule has 5 rings (SSSR count). The Morgan fingerprint density at radius 2 is 1.75 bits per heavy atom. The number of aromatic hydroxyl groups is 1. The molecule has 0 aliphatic carbocycles. The zero-order valence-electron chi connectivity index (χ0n) is 24.0. The van der Waals surface area contributed by atoms with Crippen LogP contribution in [0.15, 0.2) is 54.6 Å². The second-order valence-corrected chi connectivity index (χ2v) is 11.1. The number of phenolic OH excluding ortho intramolecular Hbond substituents is 1. The van der Waals surface area contributed by atoms with E-state index in [1.165, 1.54) is 0 Å². The number of phenols is 1. The molecule has 3 aromatic carbocycles. The van der Waals surface area contributed by atoms with Gasteiger partial charge in [-0.25, -0.2) is 0 Å². The summed E-state index contributed by atoms with van der Waals surface area (Å²) in [4.78, 5) is 15.7. The van der Waals surface area contributed by atoms with Gasteiger partial charge in [-0.3, -0.25) is 9.89 Å². The van der Waals surface area contributed by atoms with Crippen LogP contribution in [0.3, 0.4) is 0 Å². The average molecular weight is 540 g/mol. The number of amides is 1. The monoisotopic (exact) mass is 539 g/mol. The van der Waals surface area contributed by atoms with E-state index < -0.39 is 6.04 Å². The van der Waals surface area contributed by atoms with Crippen LogP contribution in [0, 0.1) is 26.7 Å². The van der Waals surface area contributed by atoms with Crippen molar-refractivity contribution in [1.82, 2.24) is 15.1 Å². The van der Waals surface area contributed by atoms with Gasteiger partial charge in [-0.15, -0.1) is 0 Å². The molecule has 1 aliphatic rings. The molecule has 7 nitrogen and oxygen atoms in total. The lowest BCUT2D eigenvalue weighted by atomic mass is 9.93. The number of benzene rings is 3. The molecule has 0 saturated heterocycles. The van der Waals surface area contributed by atoms with E-state index >= 15 is 0 Å². The molecular formula is C33H37N3O4. The molecular weight excluding hydrogens is 502 g/mol. The number of aromatic amines is 1. The first-order valence-corrected chi connectivity index (χ1v) is 13.7. The lowest BCUT2D eigenvalue weighted by Gasteiger charge is -2.27. The number of methoxy groups -OCH3 is 1. The van der Waals surface area contributed by atoms with Crippen molar-refractivity contribution in [3.05, 3.63) is 93.7 Å². The smallest absolute Gasteiger partial charge is 0.273 e. The number of carbonyl (C=O) groups is 1. The van der Waals surface area contributed by atoms with E-state index in [1.807, 2.05) is 68.1 Å². The van der Waals surface area contributed by atoms with E-state index in [-0.39, 0.29) is 11.7 Å². The summed E-state index contributed by atoms with van der Waals surface area (Å²) in [6.45, 7) is 11.2. The molecule has 0 spiro atoms. The lowest BCUT2D eigenvalue weighted by Crippen LogP contribution is -2.29. The van der Waals surface area contributed by atoms with Gasteiger partial charge in [-0.05, 0) is 73.6 Å². The summed E-state index contributed by atoms with van der Waals surface area (Å²) in [6, 6.07) is 17.4. The summed E-state index contributed by atoms with van der Waals surface area (Å²) >= 11 is 0. The molecule has 208 valence electrons. The second-order valence-electron chi connectivity index (χ2n) is 11.1. The van der Waals surface area contributed by atoms with Crippen molar-refractivity contribution in [2.45, 2.75) is 53.6 Å². The van der Waals surface area contributed by atoms with Gasteiger partial charge in [0.15, 0.2) is 11.5 Å². The fourth-order valence-corrected chi connectivity index (χ4v) is 5.32. The van der Waals surface area contributed by atoms with E-state index in [2.05, 4.69) is 36.2 Å². The number of aromatic nitrogens is 2. The predicted molar refractivity (Wildman–Crippen MR) is 156 cm³/mol. The third-order valence-corrected chi connectivity index (χ3v) is 7.49. The molecule has 0 radical (unpaired) electrons. The Kier molecular flexibility index (Phi) is 7.57. The average Bonchev–Trinajstić information content (AvgIpc) is 3.46. The Hall–Kier alpha value is -4.26. The lowest BCUT2D eigenvalue weighted by molar-refractivity contribution is 0.0730. The molecule has 7 heteroatoms. The highest BCUT2D eigenvalue weighted by Gasteiger charge is 2.43. The summed E-state index contributed by atoms with van der Waals surface area (Å²) in [5, 5.41) is 18.6. The van der Waals surface area contributed by atoms with Crippen molar-refractivity contribution < 1.29 is 19.4 Å². The zero-order valence-corrected chi connectivity index (χ0v) is 24.0. The molecule has 2 N–H and O–H groups in total. The van der Waals surface area contributed by atoms with Crippen LogP contribution in [0.4, 0.5) is 0 Å². The van der Waals surface area contributed by atoms with E-state index in [4.69, 9.17) is 9.47 Å². The molecule has 40 heavy (non-hydrogen) atoms. The Morgan fingerprint density at radius 3 is 2.45 bits per heavy atom. The van der Waals surface area contributed by atoms with E-state index in [0.29, 0.717) is 47.5 Å². The Balaban J connectivity index is 1.62. The molecule has 0 fully saturated rings. The van der Waals surface area contributed by atoms with Crippen LogP contribution < -0.4 is 9.47 Å². The first kappa shape index (κ1) is 27.3. The number of hydrogen-bond acceptors (Lipinski definition) is 5. The minimum atomic E-state index is -0.448. The van der Waals surface area contributed by atoms with Gasteiger partial charge in [0.05, 0.1) is 19.8 Å². The van der Waals surface area contributed by atoms with E-state index in [1.54, 1.807) is 7.11 Å². The maximum Gasteiger partial charge on any atom is 0.273 e. The fourth-order valence-electron chi connectivity index (χ4n) is 5.32. The summed E-state index contributed by atoms with van der Waals surface area (Å²) in [5.74, 6) is 1.83. The van der Waals surface area contributed by atoms with Crippen LogP contribution in [-0.4, -0.2) is 39.8 Å². The normalized spacial score (nSPS) is 14.6.